The van der Waals surface area contributed by atoms with E-state index in [1.807, 2.05) is 6.92 Å². The topological polar surface area (TPSA) is 95.1 Å². The first-order valence-electron chi connectivity index (χ1n) is 7.32. The van der Waals surface area contributed by atoms with Crippen LogP contribution in [0.3, 0.4) is 0 Å². The van der Waals surface area contributed by atoms with Gasteiger partial charge in [-0.1, -0.05) is 24.6 Å². The van der Waals surface area contributed by atoms with E-state index in [0.717, 1.165) is 9.54 Å². The predicted octanol–water partition coefficient (Wildman–Crippen LogP) is 3.05. The van der Waals surface area contributed by atoms with Gasteiger partial charge in [0.05, 0.1) is 20.9 Å². The molecular formula is C16H15N3O4S. The fourth-order valence-corrected chi connectivity index (χ4v) is 4.07. The number of hydrogen-bond acceptors (Lipinski definition) is 5. The molecule has 0 amide bonds. The molecule has 3 aromatic rings. The van der Waals surface area contributed by atoms with Crippen LogP contribution in [-0.4, -0.2) is 22.3 Å². The lowest BCUT2D eigenvalue weighted by Gasteiger charge is -2.10. The van der Waals surface area contributed by atoms with Crippen molar-refractivity contribution >= 4 is 26.7 Å². The van der Waals surface area contributed by atoms with Crippen LogP contribution in [0.1, 0.15) is 18.3 Å². The minimum absolute atomic E-state index is 0.123. The summed E-state index contributed by atoms with van der Waals surface area (Å²) in [5.74, 6) is 0.339. The summed E-state index contributed by atoms with van der Waals surface area (Å²) in [4.78, 5) is 14.8. The summed E-state index contributed by atoms with van der Waals surface area (Å²) >= 11 is 0. The number of aromatic nitrogens is 2. The molecule has 8 heteroatoms. The van der Waals surface area contributed by atoms with Crippen LogP contribution < -0.4 is 0 Å². The zero-order valence-electron chi connectivity index (χ0n) is 13.1. The van der Waals surface area contributed by atoms with Crippen LogP contribution in [0.25, 0.3) is 11.0 Å². The molecule has 24 heavy (non-hydrogen) atoms. The standard InChI is InChI=1S/C16H15N3O4S/c1-3-16-17-14-10-12(19(20)21)6-9-15(14)18(16)24(22,23)13-7-4-11(2)5-8-13/h4-10H,3H2,1-2H3. The van der Waals surface area contributed by atoms with Crippen LogP contribution in [0.2, 0.25) is 0 Å². The highest BCUT2D eigenvalue weighted by Crippen LogP contribution is 2.26. The normalized spacial score (nSPS) is 11.8. The number of nitro groups is 1. The van der Waals surface area contributed by atoms with Gasteiger partial charge in [-0.2, -0.15) is 0 Å². The average molecular weight is 345 g/mol. The van der Waals surface area contributed by atoms with Crippen molar-refractivity contribution < 1.29 is 13.3 Å². The van der Waals surface area contributed by atoms with E-state index in [4.69, 9.17) is 0 Å². The van der Waals surface area contributed by atoms with Crippen LogP contribution in [-0.2, 0) is 16.4 Å². The van der Waals surface area contributed by atoms with E-state index in [9.17, 15) is 18.5 Å². The molecule has 0 saturated carbocycles. The van der Waals surface area contributed by atoms with Crippen LogP contribution in [0.5, 0.6) is 0 Å². The molecule has 0 atom stereocenters. The van der Waals surface area contributed by atoms with E-state index in [0.29, 0.717) is 17.8 Å². The maximum Gasteiger partial charge on any atom is 0.271 e. The maximum atomic E-state index is 13.0. The summed E-state index contributed by atoms with van der Waals surface area (Å²) in [5.41, 5.74) is 1.45. The van der Waals surface area contributed by atoms with E-state index in [1.165, 1.54) is 18.2 Å². The smallest absolute Gasteiger partial charge is 0.258 e. The van der Waals surface area contributed by atoms with Crippen LogP contribution in [0.15, 0.2) is 47.4 Å². The number of aryl methyl sites for hydroxylation is 2. The Hall–Kier alpha value is -2.74. The Morgan fingerprint density at radius 1 is 1.17 bits per heavy atom. The van der Waals surface area contributed by atoms with E-state index in [2.05, 4.69) is 4.98 Å². The maximum absolute atomic E-state index is 13.0. The molecule has 1 heterocycles. The minimum atomic E-state index is -3.83. The molecular weight excluding hydrogens is 330 g/mol. The van der Waals surface area contributed by atoms with E-state index in [-0.39, 0.29) is 16.1 Å². The fraction of sp³-hybridized carbons (Fsp3) is 0.188. The molecule has 2 aromatic carbocycles. The molecule has 0 saturated heterocycles. The number of rotatable bonds is 4. The van der Waals surface area contributed by atoms with Crippen molar-refractivity contribution in [1.29, 1.82) is 0 Å². The van der Waals surface area contributed by atoms with Crippen LogP contribution in [0.4, 0.5) is 5.69 Å². The van der Waals surface area contributed by atoms with Gasteiger partial charge in [-0.05, 0) is 25.1 Å². The number of fused-ring (bicyclic) bond motifs is 1. The average Bonchev–Trinajstić information content (AvgIpc) is 2.93. The Morgan fingerprint density at radius 3 is 2.42 bits per heavy atom. The van der Waals surface area contributed by atoms with Crippen molar-refractivity contribution in [3.05, 3.63) is 64.0 Å². The Bertz CT molecular complexity index is 1040. The second kappa shape index (κ2) is 5.72. The van der Waals surface area contributed by atoms with Gasteiger partial charge in [0.1, 0.15) is 5.82 Å². The van der Waals surface area contributed by atoms with Crippen molar-refractivity contribution in [2.24, 2.45) is 0 Å². The van der Waals surface area contributed by atoms with Crippen molar-refractivity contribution in [3.63, 3.8) is 0 Å². The third-order valence-electron chi connectivity index (χ3n) is 3.75. The third kappa shape index (κ3) is 2.54. The second-order valence-corrected chi connectivity index (χ2v) is 7.18. The van der Waals surface area contributed by atoms with Gasteiger partial charge in [-0.3, -0.25) is 10.1 Å². The molecule has 0 fully saturated rings. The molecule has 0 spiro atoms. The lowest BCUT2D eigenvalue weighted by molar-refractivity contribution is -0.384. The minimum Gasteiger partial charge on any atom is -0.258 e. The van der Waals surface area contributed by atoms with E-state index < -0.39 is 14.9 Å². The molecule has 0 unspecified atom stereocenters. The Morgan fingerprint density at radius 2 is 1.83 bits per heavy atom. The first-order chi connectivity index (χ1) is 11.3. The molecule has 0 N–H and O–H groups in total. The highest BCUT2D eigenvalue weighted by molar-refractivity contribution is 7.90. The monoisotopic (exact) mass is 345 g/mol. The van der Waals surface area contributed by atoms with Crippen LogP contribution >= 0.6 is 0 Å². The molecule has 7 nitrogen and oxygen atoms in total. The van der Waals surface area contributed by atoms with E-state index in [1.54, 1.807) is 31.2 Å². The highest BCUT2D eigenvalue weighted by Gasteiger charge is 2.24. The zero-order valence-corrected chi connectivity index (χ0v) is 13.9. The molecule has 0 aliphatic heterocycles. The van der Waals surface area contributed by atoms with Gasteiger partial charge in [0.2, 0.25) is 0 Å². The molecule has 3 rings (SSSR count). The van der Waals surface area contributed by atoms with Gasteiger partial charge in [0.15, 0.2) is 0 Å². The van der Waals surface area contributed by atoms with Crippen molar-refractivity contribution in [2.75, 3.05) is 0 Å². The van der Waals surface area contributed by atoms with E-state index >= 15 is 0 Å². The van der Waals surface area contributed by atoms with Crippen LogP contribution in [0, 0.1) is 17.0 Å². The summed E-state index contributed by atoms with van der Waals surface area (Å²) in [6.07, 6.45) is 0.383. The summed E-state index contributed by atoms with van der Waals surface area (Å²) in [7, 11) is -3.83. The zero-order chi connectivity index (χ0) is 17.5. The molecule has 0 aliphatic carbocycles. The van der Waals surface area contributed by atoms with Crippen molar-refractivity contribution in [2.45, 2.75) is 25.2 Å². The second-order valence-electron chi connectivity index (χ2n) is 5.39. The quantitative estimate of drug-likeness (QED) is 0.535. The predicted molar refractivity (Wildman–Crippen MR) is 89.5 cm³/mol. The first-order valence-corrected chi connectivity index (χ1v) is 8.76. The number of nitrogens with zero attached hydrogens (tertiary/aromatic N) is 3. The summed E-state index contributed by atoms with van der Waals surface area (Å²) in [5, 5.41) is 10.9. The molecule has 0 radical (unpaired) electrons. The van der Waals surface area contributed by atoms with Gasteiger partial charge >= 0.3 is 0 Å². The van der Waals surface area contributed by atoms with Gasteiger partial charge in [-0.15, -0.1) is 0 Å². The van der Waals surface area contributed by atoms with Crippen molar-refractivity contribution in [1.82, 2.24) is 8.96 Å². The van der Waals surface area contributed by atoms with Gasteiger partial charge < -0.3 is 0 Å². The first kappa shape index (κ1) is 16.1. The lowest BCUT2D eigenvalue weighted by Crippen LogP contribution is -2.15. The SMILES string of the molecule is CCc1nc2cc([N+](=O)[O-])ccc2n1S(=O)(=O)c1ccc(C)cc1. The van der Waals surface area contributed by atoms with Gasteiger partial charge in [-0.25, -0.2) is 17.4 Å². The number of imidazole rings is 1. The molecule has 0 aliphatic rings. The van der Waals surface area contributed by atoms with Crippen molar-refractivity contribution in [3.8, 4) is 0 Å². The molecule has 124 valence electrons. The number of hydrogen-bond donors (Lipinski definition) is 0. The van der Waals surface area contributed by atoms with Gasteiger partial charge in [0, 0.05) is 18.6 Å². The van der Waals surface area contributed by atoms with Gasteiger partial charge in [0.25, 0.3) is 15.7 Å². The summed E-state index contributed by atoms with van der Waals surface area (Å²) in [6, 6.07) is 10.5. The molecule has 0 bridgehead atoms. The number of non-ortho nitro benzene ring substituents is 1. The Balaban J connectivity index is 2.28. The molecule has 1 aromatic heterocycles. The highest BCUT2D eigenvalue weighted by atomic mass is 32.2. The number of nitro benzene ring substituents is 1. The Kier molecular flexibility index (Phi) is 3.84. The largest absolute Gasteiger partial charge is 0.271 e. The summed E-state index contributed by atoms with van der Waals surface area (Å²) < 4.78 is 27.2. The number of benzene rings is 2. The lowest BCUT2D eigenvalue weighted by atomic mass is 10.2. The summed E-state index contributed by atoms with van der Waals surface area (Å²) in [6.45, 7) is 3.66. The Labute approximate surface area is 138 Å². The fourth-order valence-electron chi connectivity index (χ4n) is 2.52. The third-order valence-corrected chi connectivity index (χ3v) is 5.50.